The van der Waals surface area contributed by atoms with Crippen molar-refractivity contribution in [2.45, 2.75) is 103 Å². The van der Waals surface area contributed by atoms with Crippen LogP contribution >= 0.6 is 0 Å². The van der Waals surface area contributed by atoms with Gasteiger partial charge in [0.1, 0.15) is 36.1 Å². The van der Waals surface area contributed by atoms with Crippen LogP contribution in [0.15, 0.2) is 47.5 Å². The molecular weight excluding hydrogens is 825 g/mol. The Labute approximate surface area is 374 Å². The molecule has 7 rings (SSSR count). The second-order valence-corrected chi connectivity index (χ2v) is 17.4. The first-order valence-electron chi connectivity index (χ1n) is 22.6. The number of likely N-dealkylation sites (tertiary alicyclic amines) is 2. The molecule has 5 heterocycles. The Hall–Kier alpha value is -5.46. The number of aromatic nitrogens is 4. The van der Waals surface area contributed by atoms with E-state index in [1.165, 1.54) is 14.2 Å². The Morgan fingerprint density at radius 1 is 0.719 bits per heavy atom. The molecule has 2 saturated heterocycles. The fraction of sp³-hybridized carbons (Fsp3) is 0.609. The zero-order valence-corrected chi connectivity index (χ0v) is 37.9. The predicted octanol–water partition coefficient (Wildman–Crippen LogP) is 5.51. The summed E-state index contributed by atoms with van der Waals surface area (Å²) in [6.45, 7) is 11.2. The third-order valence-electron chi connectivity index (χ3n) is 12.6. The highest BCUT2D eigenvalue weighted by Gasteiger charge is 2.39. The molecule has 64 heavy (non-hydrogen) atoms. The molecule has 0 aromatic carbocycles. The van der Waals surface area contributed by atoms with E-state index in [0.29, 0.717) is 83.6 Å². The van der Waals surface area contributed by atoms with Gasteiger partial charge in [-0.1, -0.05) is 39.8 Å². The maximum absolute atomic E-state index is 13.8. The van der Waals surface area contributed by atoms with Gasteiger partial charge in [-0.15, -0.1) is 0 Å². The zero-order valence-electron chi connectivity index (χ0n) is 37.9. The van der Waals surface area contributed by atoms with Crippen LogP contribution in [0.1, 0.15) is 108 Å². The monoisotopic (exact) mass is 888 g/mol. The molecule has 5 atom stereocenters. The first-order chi connectivity index (χ1) is 31.0. The molecule has 5 unspecified atom stereocenters. The summed E-state index contributed by atoms with van der Waals surface area (Å²) in [4.78, 5) is 72.0. The molecule has 0 bridgehead atoms. The van der Waals surface area contributed by atoms with Crippen LogP contribution in [0.2, 0.25) is 0 Å². The van der Waals surface area contributed by atoms with Crippen molar-refractivity contribution < 1.29 is 47.6 Å². The molecule has 18 heteroatoms. The number of aromatic amines is 2. The number of nitrogens with one attached hydrogen (secondary N) is 4. The summed E-state index contributed by atoms with van der Waals surface area (Å²) >= 11 is 0. The molecular formula is C46H64N8O10. The Bertz CT molecular complexity index is 2120. The lowest BCUT2D eigenvalue weighted by atomic mass is 9.83. The number of imidazole rings is 2. The molecule has 18 nitrogen and oxygen atoms in total. The molecule has 4 N–H and O–H groups in total. The Morgan fingerprint density at radius 3 is 1.80 bits per heavy atom. The maximum Gasteiger partial charge on any atom is 0.407 e. The lowest BCUT2D eigenvalue weighted by Gasteiger charge is -2.30. The van der Waals surface area contributed by atoms with Crippen LogP contribution in [0, 0.1) is 11.8 Å². The van der Waals surface area contributed by atoms with E-state index in [9.17, 15) is 19.2 Å². The summed E-state index contributed by atoms with van der Waals surface area (Å²) in [7, 11) is 2.58. The minimum absolute atomic E-state index is 0.132. The van der Waals surface area contributed by atoms with Gasteiger partial charge >= 0.3 is 12.2 Å². The van der Waals surface area contributed by atoms with Crippen molar-refractivity contribution in [3.8, 4) is 0 Å². The molecule has 348 valence electrons. The normalized spacial score (nSPS) is 23.2. The van der Waals surface area contributed by atoms with E-state index >= 15 is 0 Å². The van der Waals surface area contributed by atoms with Gasteiger partial charge in [-0.3, -0.25) is 9.59 Å². The number of ether oxygens (including phenoxy) is 6. The molecule has 5 aliphatic rings. The quantitative estimate of drug-likeness (QED) is 0.233. The highest BCUT2D eigenvalue weighted by atomic mass is 16.6. The van der Waals surface area contributed by atoms with Gasteiger partial charge in [-0.2, -0.15) is 0 Å². The van der Waals surface area contributed by atoms with E-state index < -0.39 is 24.3 Å². The SMILES string of the molecule is COC(=O)NC(C(=O)N1CCCC1c1ncc(C2=CC3=C(CC2)C2=CC=C(c4cnc(C5CCCN5C(=O)C(NC(=O)OC)C(C)C)[nH]4)CC2OCCOCCOCCO3)[nH]1)C(C)C. The topological polar surface area (TPSA) is 212 Å². The summed E-state index contributed by atoms with van der Waals surface area (Å²) in [5.41, 5.74) is 5.84. The second kappa shape index (κ2) is 21.5. The maximum atomic E-state index is 13.8. The fourth-order valence-corrected chi connectivity index (χ4v) is 9.15. The average Bonchev–Trinajstić information content (AvgIpc) is 4.14. The molecule has 0 radical (unpaired) electrons. The molecule has 2 aromatic heterocycles. The van der Waals surface area contributed by atoms with E-state index in [-0.39, 0.29) is 41.8 Å². The number of carbonyl (C=O) groups is 4. The van der Waals surface area contributed by atoms with Gasteiger partial charge in [0.15, 0.2) is 0 Å². The second-order valence-electron chi connectivity index (χ2n) is 17.4. The van der Waals surface area contributed by atoms with Gasteiger partial charge < -0.3 is 58.8 Å². The molecule has 2 aliphatic carbocycles. The van der Waals surface area contributed by atoms with Crippen LogP contribution < -0.4 is 10.6 Å². The molecule has 2 aromatic rings. The van der Waals surface area contributed by atoms with Crippen molar-refractivity contribution >= 4 is 35.1 Å². The van der Waals surface area contributed by atoms with Gasteiger partial charge in [0, 0.05) is 25.1 Å². The van der Waals surface area contributed by atoms with Crippen LogP contribution in [0.3, 0.4) is 0 Å². The minimum Gasteiger partial charge on any atom is -0.491 e. The number of fused-ring (bicyclic) bond motifs is 2. The first-order valence-corrected chi connectivity index (χ1v) is 22.6. The number of hydrogen-bond acceptors (Lipinski definition) is 12. The number of H-pyrrole nitrogens is 2. The number of alkyl carbamates (subject to hydrolysis) is 2. The van der Waals surface area contributed by atoms with Crippen molar-refractivity contribution in [3.63, 3.8) is 0 Å². The molecule has 4 amide bonds. The predicted molar refractivity (Wildman–Crippen MR) is 235 cm³/mol. The lowest BCUT2D eigenvalue weighted by Crippen LogP contribution is -2.51. The Kier molecular flexibility index (Phi) is 15.6. The van der Waals surface area contributed by atoms with E-state index in [2.05, 4.69) is 38.8 Å². The summed E-state index contributed by atoms with van der Waals surface area (Å²) < 4.78 is 34.3. The standard InChI is InChI=1S/C46H64N8O10/c1-27(2)39(51-45(57)59-5)43(55)53-15-7-9-35(53)41-47-25-33(49-41)29-11-13-31-32-14-12-30(24-38(32)64-22-20-62-18-17-61-19-21-63-37(31)23-29)34-26-48-42(50-34)36-10-8-16-54(36)44(56)40(28(3)4)52-46(58)60-6/h11,13,24-28,35-37,39-40H,7-10,12,14-23H2,1-6H3,(H,47,49)(H,48,50)(H,51,57)(H,52,58). The summed E-state index contributed by atoms with van der Waals surface area (Å²) in [6, 6.07) is -1.94. The minimum atomic E-state index is -0.719. The van der Waals surface area contributed by atoms with Crippen LogP contribution in [-0.2, 0) is 38.0 Å². The molecule has 3 aliphatic heterocycles. The van der Waals surface area contributed by atoms with Crippen molar-refractivity contribution in [3.05, 3.63) is 70.6 Å². The first kappa shape index (κ1) is 46.5. The van der Waals surface area contributed by atoms with Gasteiger partial charge in [0.2, 0.25) is 11.8 Å². The van der Waals surface area contributed by atoms with E-state index in [0.717, 1.165) is 65.1 Å². The molecule has 0 saturated carbocycles. The highest BCUT2D eigenvalue weighted by Crippen LogP contribution is 2.41. The van der Waals surface area contributed by atoms with Gasteiger partial charge in [0.05, 0.1) is 89.2 Å². The van der Waals surface area contributed by atoms with Crippen molar-refractivity contribution in [2.24, 2.45) is 11.8 Å². The molecule has 2 fully saturated rings. The van der Waals surface area contributed by atoms with Gasteiger partial charge in [0.25, 0.3) is 0 Å². The third-order valence-corrected chi connectivity index (χ3v) is 12.6. The summed E-state index contributed by atoms with van der Waals surface area (Å²) in [6.07, 6.45) is 13.5. The third kappa shape index (κ3) is 10.7. The van der Waals surface area contributed by atoms with Crippen molar-refractivity contribution in [1.29, 1.82) is 0 Å². The number of methoxy groups -OCH3 is 2. The number of carbonyl (C=O) groups excluding carboxylic acids is 4. The number of allylic oxidation sites excluding steroid dienone is 4. The van der Waals surface area contributed by atoms with Crippen LogP contribution in [-0.4, -0.2) is 139 Å². The number of rotatable bonds is 10. The highest BCUT2D eigenvalue weighted by molar-refractivity contribution is 5.87. The summed E-state index contributed by atoms with van der Waals surface area (Å²) in [5.74, 6) is 1.57. The van der Waals surface area contributed by atoms with Gasteiger partial charge in [-0.05, 0) is 73.2 Å². The smallest absolute Gasteiger partial charge is 0.407 e. The van der Waals surface area contributed by atoms with Crippen molar-refractivity contribution in [1.82, 2.24) is 40.4 Å². The lowest BCUT2D eigenvalue weighted by molar-refractivity contribution is -0.136. The number of nitrogens with zero attached hydrogens (tertiary/aromatic N) is 4. The van der Waals surface area contributed by atoms with Crippen LogP contribution in [0.4, 0.5) is 9.59 Å². The fourth-order valence-electron chi connectivity index (χ4n) is 9.15. The van der Waals surface area contributed by atoms with E-state index in [1.807, 2.05) is 49.9 Å². The Balaban J connectivity index is 1.14. The Morgan fingerprint density at radius 2 is 1.25 bits per heavy atom. The summed E-state index contributed by atoms with van der Waals surface area (Å²) in [5, 5.41) is 5.43. The number of hydrogen-bond donors (Lipinski definition) is 4. The average molecular weight is 889 g/mol. The zero-order chi connectivity index (χ0) is 45.3. The van der Waals surface area contributed by atoms with Crippen molar-refractivity contribution in [2.75, 3.05) is 67.0 Å². The van der Waals surface area contributed by atoms with Crippen LogP contribution in [0.5, 0.6) is 0 Å². The van der Waals surface area contributed by atoms with Gasteiger partial charge in [-0.25, -0.2) is 19.6 Å². The van der Waals surface area contributed by atoms with E-state index in [4.69, 9.17) is 38.4 Å². The van der Waals surface area contributed by atoms with Crippen LogP contribution in [0.25, 0.3) is 11.1 Å². The molecule has 0 spiro atoms. The number of amides is 4. The van der Waals surface area contributed by atoms with E-state index in [1.54, 1.807) is 0 Å². The largest absolute Gasteiger partial charge is 0.491 e.